The maximum atomic E-state index is 12.9. The van der Waals surface area contributed by atoms with Gasteiger partial charge in [0.1, 0.15) is 0 Å². The van der Waals surface area contributed by atoms with E-state index < -0.39 is 0 Å². The minimum Gasteiger partial charge on any atom is -0.342 e. The predicted molar refractivity (Wildman–Crippen MR) is 103 cm³/mol. The van der Waals surface area contributed by atoms with E-state index >= 15 is 0 Å². The van der Waals surface area contributed by atoms with Gasteiger partial charge in [-0.3, -0.25) is 4.79 Å². The van der Waals surface area contributed by atoms with Crippen LogP contribution in [-0.2, 0) is 11.2 Å². The zero-order chi connectivity index (χ0) is 19.3. The summed E-state index contributed by atoms with van der Waals surface area (Å²) in [6.07, 6.45) is 2.62. The van der Waals surface area contributed by atoms with Crippen molar-refractivity contribution >= 4 is 5.91 Å². The second kappa shape index (κ2) is 6.71. The van der Waals surface area contributed by atoms with Gasteiger partial charge in [-0.2, -0.15) is 5.10 Å². The molecule has 1 aliphatic heterocycles. The zero-order valence-corrected chi connectivity index (χ0v) is 16.6. The van der Waals surface area contributed by atoms with Crippen molar-refractivity contribution in [3.8, 4) is 5.95 Å². The topological polar surface area (TPSA) is 89.9 Å². The van der Waals surface area contributed by atoms with Gasteiger partial charge in [-0.05, 0) is 58.4 Å². The van der Waals surface area contributed by atoms with Crippen LogP contribution in [0.25, 0.3) is 5.95 Å². The summed E-state index contributed by atoms with van der Waals surface area (Å²) < 4.78 is 1.76. The number of carbonyl (C=O) groups excluding carboxylic acids is 1. The van der Waals surface area contributed by atoms with E-state index in [1.807, 2.05) is 38.7 Å². The van der Waals surface area contributed by atoms with E-state index in [1.165, 1.54) is 0 Å². The third-order valence-corrected chi connectivity index (χ3v) is 6.19. The molecule has 0 spiro atoms. The van der Waals surface area contributed by atoms with Crippen LogP contribution in [0, 0.1) is 39.5 Å². The van der Waals surface area contributed by atoms with Crippen LogP contribution >= 0.6 is 0 Å². The number of hydrogen-bond donors (Lipinski definition) is 1. The Morgan fingerprint density at radius 3 is 2.52 bits per heavy atom. The van der Waals surface area contributed by atoms with Gasteiger partial charge in [0.05, 0.1) is 12.1 Å². The van der Waals surface area contributed by atoms with Crippen molar-refractivity contribution < 1.29 is 4.79 Å². The van der Waals surface area contributed by atoms with Crippen LogP contribution in [0.1, 0.15) is 41.2 Å². The number of amides is 1. The molecule has 1 amide bonds. The summed E-state index contributed by atoms with van der Waals surface area (Å²) in [4.78, 5) is 23.9. The molecule has 2 aromatic rings. The lowest BCUT2D eigenvalue weighted by Crippen LogP contribution is -2.34. The maximum Gasteiger partial charge on any atom is 0.251 e. The Morgan fingerprint density at radius 2 is 1.85 bits per heavy atom. The van der Waals surface area contributed by atoms with Crippen LogP contribution in [0.15, 0.2) is 6.07 Å². The molecule has 27 heavy (non-hydrogen) atoms. The molecule has 7 nitrogen and oxygen atoms in total. The molecule has 3 atom stereocenters. The third kappa shape index (κ3) is 3.25. The first-order valence-corrected chi connectivity index (χ1v) is 9.74. The standard InChI is InChI=1S/C20H28N6O/c1-11-7-12(2)23-20(22-11)26-14(4)16(13(3)24-26)8-19(27)25-9-15-5-6-18(21)17(15)10-25/h7,15,17-18H,5-6,8-10,21H2,1-4H3. The van der Waals surface area contributed by atoms with Crippen molar-refractivity contribution in [3.63, 3.8) is 0 Å². The maximum absolute atomic E-state index is 12.9. The van der Waals surface area contributed by atoms with Gasteiger partial charge < -0.3 is 10.6 Å². The van der Waals surface area contributed by atoms with Crippen LogP contribution in [0.3, 0.4) is 0 Å². The van der Waals surface area contributed by atoms with Crippen molar-refractivity contribution in [3.05, 3.63) is 34.4 Å². The molecular formula is C20H28N6O. The molecule has 0 bridgehead atoms. The summed E-state index contributed by atoms with van der Waals surface area (Å²) in [6.45, 7) is 9.48. The first-order valence-electron chi connectivity index (χ1n) is 9.74. The molecule has 144 valence electrons. The van der Waals surface area contributed by atoms with E-state index in [1.54, 1.807) is 4.68 Å². The van der Waals surface area contributed by atoms with Gasteiger partial charge in [0, 0.05) is 41.8 Å². The van der Waals surface area contributed by atoms with Crippen LogP contribution in [0.5, 0.6) is 0 Å². The van der Waals surface area contributed by atoms with Crippen molar-refractivity contribution in [2.45, 2.75) is 53.0 Å². The van der Waals surface area contributed by atoms with Crippen LogP contribution in [0.2, 0.25) is 0 Å². The average Bonchev–Trinajstić information content (AvgIpc) is 3.25. The zero-order valence-electron chi connectivity index (χ0n) is 16.6. The summed E-state index contributed by atoms with van der Waals surface area (Å²) in [5.74, 6) is 1.79. The summed E-state index contributed by atoms with van der Waals surface area (Å²) in [5, 5.41) is 4.61. The smallest absolute Gasteiger partial charge is 0.251 e. The number of hydrogen-bond acceptors (Lipinski definition) is 5. The lowest BCUT2D eigenvalue weighted by molar-refractivity contribution is -0.129. The highest BCUT2D eigenvalue weighted by Crippen LogP contribution is 2.37. The normalized spacial score (nSPS) is 24.5. The number of aryl methyl sites for hydroxylation is 3. The minimum absolute atomic E-state index is 0.170. The molecule has 1 saturated carbocycles. The van der Waals surface area contributed by atoms with Gasteiger partial charge >= 0.3 is 0 Å². The summed E-state index contributed by atoms with van der Waals surface area (Å²) in [5.41, 5.74) is 10.8. The van der Waals surface area contributed by atoms with Gasteiger partial charge in [-0.1, -0.05) is 0 Å². The second-order valence-corrected chi connectivity index (χ2v) is 8.15. The Bertz CT molecular complexity index is 869. The van der Waals surface area contributed by atoms with Crippen molar-refractivity contribution in [1.29, 1.82) is 0 Å². The Balaban J connectivity index is 1.55. The lowest BCUT2D eigenvalue weighted by Gasteiger charge is -2.19. The quantitative estimate of drug-likeness (QED) is 0.889. The highest BCUT2D eigenvalue weighted by molar-refractivity contribution is 5.79. The van der Waals surface area contributed by atoms with Gasteiger partial charge in [-0.25, -0.2) is 14.6 Å². The molecule has 0 aromatic carbocycles. The highest BCUT2D eigenvalue weighted by atomic mass is 16.2. The van der Waals surface area contributed by atoms with E-state index in [4.69, 9.17) is 5.73 Å². The fourth-order valence-electron chi connectivity index (χ4n) is 4.70. The Labute approximate surface area is 160 Å². The molecule has 7 heteroatoms. The number of likely N-dealkylation sites (tertiary alicyclic amines) is 1. The van der Waals surface area contributed by atoms with E-state index in [0.717, 1.165) is 54.3 Å². The molecule has 1 saturated heterocycles. The fourth-order valence-corrected chi connectivity index (χ4v) is 4.70. The predicted octanol–water partition coefficient (Wildman–Crippen LogP) is 1.63. The van der Waals surface area contributed by atoms with Crippen molar-refractivity contribution in [2.75, 3.05) is 13.1 Å². The number of nitrogens with two attached hydrogens (primary N) is 1. The first kappa shape index (κ1) is 18.1. The van der Waals surface area contributed by atoms with Crippen LogP contribution in [0.4, 0.5) is 0 Å². The molecule has 1 aliphatic carbocycles. The third-order valence-electron chi connectivity index (χ3n) is 6.19. The molecule has 2 aliphatic rings. The van der Waals surface area contributed by atoms with E-state index in [9.17, 15) is 4.79 Å². The highest BCUT2D eigenvalue weighted by Gasteiger charge is 2.42. The van der Waals surface area contributed by atoms with Crippen molar-refractivity contribution in [2.24, 2.45) is 17.6 Å². The fraction of sp³-hybridized carbons (Fsp3) is 0.600. The lowest BCUT2D eigenvalue weighted by atomic mass is 9.98. The molecule has 2 aromatic heterocycles. The second-order valence-electron chi connectivity index (χ2n) is 8.15. The molecule has 2 fully saturated rings. The number of aromatic nitrogens is 4. The molecule has 4 rings (SSSR count). The molecule has 0 radical (unpaired) electrons. The Hall–Kier alpha value is -2.28. The molecule has 3 heterocycles. The molecule has 2 N–H and O–H groups in total. The largest absolute Gasteiger partial charge is 0.342 e. The number of carbonyl (C=O) groups is 1. The van der Waals surface area contributed by atoms with Crippen molar-refractivity contribution in [1.82, 2.24) is 24.6 Å². The van der Waals surface area contributed by atoms with Crippen LogP contribution in [-0.4, -0.2) is 49.7 Å². The molecular weight excluding hydrogens is 340 g/mol. The summed E-state index contributed by atoms with van der Waals surface area (Å²) >= 11 is 0. The van der Waals surface area contributed by atoms with E-state index in [0.29, 0.717) is 24.2 Å². The average molecular weight is 368 g/mol. The minimum atomic E-state index is 0.170. The first-order chi connectivity index (χ1) is 12.8. The summed E-state index contributed by atoms with van der Waals surface area (Å²) in [7, 11) is 0. The SMILES string of the molecule is Cc1cc(C)nc(-n2nc(C)c(CC(=O)N3CC4CCC(N)C4C3)c2C)n1. The number of rotatable bonds is 3. The van der Waals surface area contributed by atoms with E-state index in [2.05, 4.69) is 15.1 Å². The number of fused-ring (bicyclic) bond motifs is 1. The Kier molecular flexibility index (Phi) is 4.50. The molecule has 3 unspecified atom stereocenters. The monoisotopic (exact) mass is 368 g/mol. The van der Waals surface area contributed by atoms with E-state index in [-0.39, 0.29) is 11.9 Å². The summed E-state index contributed by atoms with van der Waals surface area (Å²) in [6, 6.07) is 2.19. The van der Waals surface area contributed by atoms with Crippen LogP contribution < -0.4 is 5.73 Å². The van der Waals surface area contributed by atoms with Gasteiger partial charge in [0.15, 0.2) is 0 Å². The van der Waals surface area contributed by atoms with Gasteiger partial charge in [0.2, 0.25) is 5.91 Å². The van der Waals surface area contributed by atoms with Gasteiger partial charge in [0.25, 0.3) is 5.95 Å². The number of nitrogens with zero attached hydrogens (tertiary/aromatic N) is 5. The van der Waals surface area contributed by atoms with Gasteiger partial charge in [-0.15, -0.1) is 0 Å². The Morgan fingerprint density at radius 1 is 1.15 bits per heavy atom.